The zero-order chi connectivity index (χ0) is 14.7. The van der Waals surface area contributed by atoms with Crippen LogP contribution in [0.2, 0.25) is 0 Å². The van der Waals surface area contributed by atoms with Crippen LogP contribution >= 0.6 is 0 Å². The fourth-order valence-electron chi connectivity index (χ4n) is 2.32. The Bertz CT molecular complexity index is 308. The molecule has 1 amide bonds. The summed E-state index contributed by atoms with van der Waals surface area (Å²) in [7, 11) is 0. The second-order valence-corrected chi connectivity index (χ2v) is 5.08. The van der Waals surface area contributed by atoms with E-state index < -0.39 is 18.0 Å². The second kappa shape index (κ2) is 6.05. The number of hydrogen-bond acceptors (Lipinski definition) is 1. The van der Waals surface area contributed by atoms with Crippen molar-refractivity contribution in [2.24, 2.45) is 11.8 Å². The molecule has 0 atom stereocenters. The smallest absolute Gasteiger partial charge is 0.350 e. The van der Waals surface area contributed by atoms with Crippen LogP contribution in [-0.2, 0) is 4.79 Å². The Balaban J connectivity index is 2.39. The van der Waals surface area contributed by atoms with Gasteiger partial charge >= 0.3 is 12.1 Å². The predicted molar refractivity (Wildman–Crippen MR) is 59.8 cm³/mol. The molecule has 1 N–H and O–H groups in total. The highest BCUT2D eigenvalue weighted by molar-refractivity contribution is 5.84. The molecule has 2 nitrogen and oxygen atoms in total. The quantitative estimate of drug-likeness (QED) is 0.788. The summed E-state index contributed by atoms with van der Waals surface area (Å²) in [5, 5.41) is 1.72. The number of nitrogens with one attached hydrogen (secondary N) is 1. The Morgan fingerprint density at radius 3 is 1.95 bits per heavy atom. The van der Waals surface area contributed by atoms with E-state index in [0.29, 0.717) is 5.92 Å². The molecule has 1 aliphatic carbocycles. The fraction of sp³-hybridized carbons (Fsp3) is 0.917. The average molecular weight is 287 g/mol. The van der Waals surface area contributed by atoms with E-state index >= 15 is 0 Å². The Labute approximate surface area is 108 Å². The summed E-state index contributed by atoms with van der Waals surface area (Å²) in [6.07, 6.45) is -1.39. The Morgan fingerprint density at radius 1 is 1.05 bits per heavy atom. The first-order valence-electron chi connectivity index (χ1n) is 6.41. The van der Waals surface area contributed by atoms with Gasteiger partial charge in [-0.1, -0.05) is 26.2 Å². The summed E-state index contributed by atoms with van der Waals surface area (Å²) in [6, 6.07) is 0. The van der Waals surface area contributed by atoms with Crippen molar-refractivity contribution in [3.63, 3.8) is 0 Å². The van der Waals surface area contributed by atoms with Gasteiger partial charge in [-0.15, -0.1) is 0 Å². The molecule has 0 aromatic rings. The summed E-state index contributed by atoms with van der Waals surface area (Å²) in [6.45, 7) is 1.96. The molecule has 0 spiro atoms. The minimum atomic E-state index is -5.84. The molecule has 112 valence electrons. The average Bonchev–Trinajstić information content (AvgIpc) is 2.35. The van der Waals surface area contributed by atoms with Crippen molar-refractivity contribution in [2.45, 2.75) is 51.1 Å². The van der Waals surface area contributed by atoms with Gasteiger partial charge in [0.15, 0.2) is 0 Å². The lowest BCUT2D eigenvalue weighted by molar-refractivity contribution is -0.269. The van der Waals surface area contributed by atoms with Crippen molar-refractivity contribution < 1.29 is 26.7 Å². The van der Waals surface area contributed by atoms with Crippen LogP contribution in [0.15, 0.2) is 0 Å². The van der Waals surface area contributed by atoms with Gasteiger partial charge in [0.25, 0.3) is 5.91 Å². The van der Waals surface area contributed by atoms with Crippen LogP contribution in [0.25, 0.3) is 0 Å². The summed E-state index contributed by atoms with van der Waals surface area (Å²) < 4.78 is 61.1. The number of rotatable bonds is 4. The van der Waals surface area contributed by atoms with Crippen LogP contribution in [0.3, 0.4) is 0 Å². The maximum atomic E-state index is 12.7. The highest BCUT2D eigenvalue weighted by atomic mass is 19.4. The Morgan fingerprint density at radius 2 is 1.53 bits per heavy atom. The largest absolute Gasteiger partial charge is 0.463 e. The molecule has 1 saturated carbocycles. The lowest BCUT2D eigenvalue weighted by Crippen LogP contribution is -2.51. The first-order valence-corrected chi connectivity index (χ1v) is 6.41. The number of carbonyl (C=O) groups is 1. The normalized spacial score (nSPS) is 25.2. The third-order valence-corrected chi connectivity index (χ3v) is 3.74. The molecule has 0 saturated heterocycles. The minimum Gasteiger partial charge on any atom is -0.350 e. The number of hydrogen-bond donors (Lipinski definition) is 1. The third-order valence-electron chi connectivity index (χ3n) is 3.74. The molecular formula is C12H18F5NO. The second-order valence-electron chi connectivity index (χ2n) is 5.08. The SMILES string of the molecule is CCC1CCC(CNC(=O)C(F)(F)C(F)(F)F)CC1. The minimum absolute atomic E-state index is 0.00390. The van der Waals surface area contributed by atoms with E-state index in [-0.39, 0.29) is 12.5 Å². The third kappa shape index (κ3) is 4.04. The van der Waals surface area contributed by atoms with Crippen LogP contribution < -0.4 is 5.32 Å². The molecule has 0 aromatic carbocycles. The molecule has 1 rings (SSSR count). The first-order chi connectivity index (χ1) is 8.68. The maximum Gasteiger partial charge on any atom is 0.463 e. The molecule has 19 heavy (non-hydrogen) atoms. The highest BCUT2D eigenvalue weighted by Gasteiger charge is 2.63. The van der Waals surface area contributed by atoms with E-state index in [1.807, 2.05) is 0 Å². The van der Waals surface area contributed by atoms with Gasteiger partial charge in [-0.3, -0.25) is 4.79 Å². The van der Waals surface area contributed by atoms with Gasteiger partial charge in [-0.05, 0) is 24.7 Å². The van der Waals surface area contributed by atoms with E-state index in [9.17, 15) is 26.7 Å². The molecule has 0 aromatic heterocycles. The lowest BCUT2D eigenvalue weighted by Gasteiger charge is -2.28. The first kappa shape index (κ1) is 16.2. The van der Waals surface area contributed by atoms with Crippen LogP contribution in [0.1, 0.15) is 39.0 Å². The van der Waals surface area contributed by atoms with Crippen LogP contribution in [-0.4, -0.2) is 24.6 Å². The number of carbonyl (C=O) groups excluding carboxylic acids is 1. The van der Waals surface area contributed by atoms with Gasteiger partial charge in [-0.25, -0.2) is 0 Å². The van der Waals surface area contributed by atoms with Gasteiger partial charge in [0, 0.05) is 6.54 Å². The number of amides is 1. The Kier molecular flexibility index (Phi) is 5.15. The van der Waals surface area contributed by atoms with Gasteiger partial charge in [0.1, 0.15) is 0 Å². The molecular weight excluding hydrogens is 269 g/mol. The summed E-state index contributed by atoms with van der Waals surface area (Å²) >= 11 is 0. The predicted octanol–water partition coefficient (Wildman–Crippen LogP) is 3.52. The van der Waals surface area contributed by atoms with Crippen molar-refractivity contribution >= 4 is 5.91 Å². The topological polar surface area (TPSA) is 29.1 Å². The molecule has 1 fully saturated rings. The maximum absolute atomic E-state index is 12.7. The zero-order valence-corrected chi connectivity index (χ0v) is 10.7. The van der Waals surface area contributed by atoms with E-state index in [4.69, 9.17) is 0 Å². The van der Waals surface area contributed by atoms with Crippen molar-refractivity contribution in [1.82, 2.24) is 5.32 Å². The van der Waals surface area contributed by atoms with Crippen molar-refractivity contribution in [1.29, 1.82) is 0 Å². The highest BCUT2D eigenvalue weighted by Crippen LogP contribution is 2.36. The van der Waals surface area contributed by atoms with E-state index in [1.54, 1.807) is 5.32 Å². The van der Waals surface area contributed by atoms with E-state index in [2.05, 4.69) is 6.92 Å². The standard InChI is InChI=1S/C12H18F5NO/c1-2-8-3-5-9(6-4-8)7-18-10(19)11(13,14)12(15,16)17/h8-9H,2-7H2,1H3,(H,18,19). The summed E-state index contributed by atoms with van der Waals surface area (Å²) in [5.74, 6) is -6.97. The monoisotopic (exact) mass is 287 g/mol. The summed E-state index contributed by atoms with van der Waals surface area (Å²) in [5.41, 5.74) is 0. The number of halogens is 5. The van der Waals surface area contributed by atoms with Gasteiger partial charge < -0.3 is 5.32 Å². The molecule has 0 radical (unpaired) electrons. The van der Waals surface area contributed by atoms with E-state index in [0.717, 1.165) is 32.1 Å². The molecule has 1 aliphatic rings. The molecule has 0 unspecified atom stereocenters. The molecule has 0 bridgehead atoms. The van der Waals surface area contributed by atoms with Crippen molar-refractivity contribution in [2.75, 3.05) is 6.54 Å². The molecule has 0 aliphatic heterocycles. The Hall–Kier alpha value is -0.880. The van der Waals surface area contributed by atoms with E-state index in [1.165, 1.54) is 0 Å². The van der Waals surface area contributed by atoms with Crippen molar-refractivity contribution in [3.05, 3.63) is 0 Å². The van der Waals surface area contributed by atoms with Crippen molar-refractivity contribution in [3.8, 4) is 0 Å². The van der Waals surface area contributed by atoms with Gasteiger partial charge in [-0.2, -0.15) is 22.0 Å². The zero-order valence-electron chi connectivity index (χ0n) is 10.7. The van der Waals surface area contributed by atoms with Crippen LogP contribution in [0, 0.1) is 11.8 Å². The fourth-order valence-corrected chi connectivity index (χ4v) is 2.32. The molecule has 0 heterocycles. The summed E-state index contributed by atoms with van der Waals surface area (Å²) in [4.78, 5) is 10.9. The van der Waals surface area contributed by atoms with Crippen LogP contribution in [0.4, 0.5) is 22.0 Å². The van der Waals surface area contributed by atoms with Gasteiger partial charge in [0.2, 0.25) is 0 Å². The van der Waals surface area contributed by atoms with Crippen LogP contribution in [0.5, 0.6) is 0 Å². The number of alkyl halides is 5. The molecule has 7 heteroatoms. The van der Waals surface area contributed by atoms with Gasteiger partial charge in [0.05, 0.1) is 0 Å². The lowest BCUT2D eigenvalue weighted by atomic mass is 9.81.